The van der Waals surface area contributed by atoms with Crippen molar-refractivity contribution in [1.29, 1.82) is 0 Å². The van der Waals surface area contributed by atoms with E-state index in [4.69, 9.17) is 5.26 Å². The number of anilines is 3. The minimum atomic E-state index is -1.15. The van der Waals surface area contributed by atoms with Crippen LogP contribution in [-0.2, 0) is 11.5 Å². The van der Waals surface area contributed by atoms with E-state index in [0.29, 0.717) is 5.69 Å². The van der Waals surface area contributed by atoms with E-state index in [2.05, 4.69) is 15.5 Å². The van der Waals surface area contributed by atoms with Gasteiger partial charge in [-0.25, -0.2) is 9.68 Å². The van der Waals surface area contributed by atoms with E-state index in [-0.39, 0.29) is 17.7 Å². The van der Waals surface area contributed by atoms with Gasteiger partial charge in [-0.2, -0.15) is 0 Å². The summed E-state index contributed by atoms with van der Waals surface area (Å²) in [5.41, 5.74) is 4.77. The van der Waals surface area contributed by atoms with Gasteiger partial charge in [0.05, 0.1) is 11.1 Å². The summed E-state index contributed by atoms with van der Waals surface area (Å²) in [6.07, 6.45) is 0. The summed E-state index contributed by atoms with van der Waals surface area (Å²) in [6.45, 7) is 3.78. The normalized spacial score (nSPS) is 10.5. The molecule has 7 heteroatoms. The molecule has 0 saturated heterocycles. The molecule has 0 saturated carbocycles. The number of hydrogen-bond donors (Lipinski definition) is 4. The Morgan fingerprint density at radius 2 is 1.50 bits per heavy atom. The van der Waals surface area contributed by atoms with E-state index in [1.165, 1.54) is 12.1 Å². The minimum Gasteiger partial charge on any atom is -0.478 e. The second-order valence-electron chi connectivity index (χ2n) is 6.94. The molecule has 3 aromatic rings. The van der Waals surface area contributed by atoms with Gasteiger partial charge in [-0.1, -0.05) is 29.3 Å². The molecule has 0 aliphatic rings. The van der Waals surface area contributed by atoms with Crippen LogP contribution in [0.1, 0.15) is 37.4 Å². The first-order valence-electron chi connectivity index (χ1n) is 9.25. The lowest BCUT2D eigenvalue weighted by Crippen LogP contribution is -2.16. The molecule has 0 fully saturated rings. The van der Waals surface area contributed by atoms with Crippen LogP contribution in [0.4, 0.5) is 17.1 Å². The Hall–Kier alpha value is -3.68. The molecular weight excluding hydrogens is 384 g/mol. The highest BCUT2D eigenvalue weighted by Gasteiger charge is 2.16. The molecule has 0 atom stereocenters. The summed E-state index contributed by atoms with van der Waals surface area (Å²) >= 11 is 0. The molecule has 0 heterocycles. The van der Waals surface area contributed by atoms with Crippen molar-refractivity contribution in [2.24, 2.45) is 0 Å². The average molecular weight is 406 g/mol. The van der Waals surface area contributed by atoms with Crippen molar-refractivity contribution >= 4 is 28.9 Å². The van der Waals surface area contributed by atoms with Gasteiger partial charge in [0.1, 0.15) is 6.61 Å². The van der Waals surface area contributed by atoms with Crippen LogP contribution in [0.15, 0.2) is 60.7 Å². The highest BCUT2D eigenvalue weighted by Crippen LogP contribution is 2.24. The number of amides is 1. The van der Waals surface area contributed by atoms with Gasteiger partial charge in [0.25, 0.3) is 5.91 Å². The Bertz CT molecular complexity index is 1080. The summed E-state index contributed by atoms with van der Waals surface area (Å²) in [7, 11) is 0. The number of carboxylic acid groups (broad SMARTS) is 1. The van der Waals surface area contributed by atoms with Crippen molar-refractivity contribution in [2.45, 2.75) is 20.5 Å². The Balaban J connectivity index is 1.74. The minimum absolute atomic E-state index is 0.0382. The molecule has 0 aliphatic heterocycles. The number of carboxylic acids is 1. The molecule has 7 nitrogen and oxygen atoms in total. The van der Waals surface area contributed by atoms with Crippen molar-refractivity contribution in [3.63, 3.8) is 0 Å². The number of rotatable bonds is 7. The number of hydrogen-bond acceptors (Lipinski definition) is 5. The zero-order valence-electron chi connectivity index (χ0n) is 16.6. The fourth-order valence-electron chi connectivity index (χ4n) is 3.06. The second kappa shape index (κ2) is 9.21. The average Bonchev–Trinajstić information content (AvgIpc) is 2.71. The van der Waals surface area contributed by atoms with Gasteiger partial charge in [0, 0.05) is 22.6 Å². The first-order chi connectivity index (χ1) is 14.4. The molecule has 0 unspecified atom stereocenters. The van der Waals surface area contributed by atoms with Gasteiger partial charge in [-0.15, -0.1) is 0 Å². The third-order valence-corrected chi connectivity index (χ3v) is 4.55. The van der Waals surface area contributed by atoms with Crippen molar-refractivity contribution in [2.75, 3.05) is 10.6 Å². The molecule has 30 heavy (non-hydrogen) atoms. The topological polar surface area (TPSA) is 108 Å². The largest absolute Gasteiger partial charge is 0.478 e. The molecule has 4 N–H and O–H groups in total. The molecule has 154 valence electrons. The Labute approximate surface area is 173 Å². The lowest BCUT2D eigenvalue weighted by molar-refractivity contribution is -0.252. The quantitative estimate of drug-likeness (QED) is 0.325. The van der Waals surface area contributed by atoms with Crippen LogP contribution >= 0.6 is 0 Å². The first kappa shape index (κ1) is 21.0. The summed E-state index contributed by atoms with van der Waals surface area (Å²) in [6, 6.07) is 17.4. The van der Waals surface area contributed by atoms with Gasteiger partial charge in [0.15, 0.2) is 0 Å². The number of aryl methyl sites for hydroxylation is 2. The van der Waals surface area contributed by atoms with Crippen LogP contribution in [0.3, 0.4) is 0 Å². The number of aromatic carboxylic acids is 1. The highest BCUT2D eigenvalue weighted by atomic mass is 17.1. The van der Waals surface area contributed by atoms with Gasteiger partial charge >= 0.3 is 5.97 Å². The monoisotopic (exact) mass is 406 g/mol. The van der Waals surface area contributed by atoms with Gasteiger partial charge < -0.3 is 15.7 Å². The zero-order chi connectivity index (χ0) is 21.7. The van der Waals surface area contributed by atoms with E-state index in [1.807, 2.05) is 25.1 Å². The SMILES string of the molecule is Cc1ccc(Nc2ccc(NC(=O)c3ccc(C)cc3C(=O)O)cc2)c(COO)c1. The lowest BCUT2D eigenvalue weighted by atomic mass is 10.0. The fraction of sp³-hybridized carbons (Fsp3) is 0.130. The number of carbonyl (C=O) groups excluding carboxylic acids is 1. The smallest absolute Gasteiger partial charge is 0.336 e. The number of carbonyl (C=O) groups is 2. The van der Waals surface area contributed by atoms with Gasteiger partial charge in [-0.05, 0) is 56.3 Å². The van der Waals surface area contributed by atoms with Crippen molar-refractivity contribution in [3.05, 3.63) is 88.5 Å². The molecule has 0 bridgehead atoms. The van der Waals surface area contributed by atoms with E-state index in [9.17, 15) is 14.7 Å². The predicted octanol–water partition coefficient (Wildman–Crippen LogP) is 4.99. The van der Waals surface area contributed by atoms with Crippen molar-refractivity contribution in [3.8, 4) is 0 Å². The standard InChI is InChI=1S/C23H22N2O5/c1-14-4-10-21(16(11-14)13-30-29)24-17-5-7-18(8-6-17)25-22(26)19-9-3-15(2)12-20(19)23(27)28/h3-12,24,29H,13H2,1-2H3,(H,25,26)(H,27,28). The van der Waals surface area contributed by atoms with Crippen LogP contribution in [0, 0.1) is 13.8 Å². The molecule has 3 rings (SSSR count). The molecule has 0 radical (unpaired) electrons. The summed E-state index contributed by atoms with van der Waals surface area (Å²) in [4.78, 5) is 28.2. The third-order valence-electron chi connectivity index (χ3n) is 4.55. The van der Waals surface area contributed by atoms with Gasteiger partial charge in [0.2, 0.25) is 0 Å². The highest BCUT2D eigenvalue weighted by molar-refractivity contribution is 6.10. The third kappa shape index (κ3) is 5.02. The molecule has 3 aromatic carbocycles. The summed E-state index contributed by atoms with van der Waals surface area (Å²) < 4.78 is 0. The first-order valence-corrected chi connectivity index (χ1v) is 9.25. The van der Waals surface area contributed by atoms with Crippen LogP contribution in [-0.4, -0.2) is 22.2 Å². The Morgan fingerprint density at radius 1 is 0.867 bits per heavy atom. The molecule has 0 aromatic heterocycles. The molecular formula is C23H22N2O5. The fourth-order valence-corrected chi connectivity index (χ4v) is 3.06. The summed E-state index contributed by atoms with van der Waals surface area (Å²) in [5, 5.41) is 24.1. The van der Waals surface area contributed by atoms with Crippen LogP contribution in [0.5, 0.6) is 0 Å². The maximum absolute atomic E-state index is 12.5. The Morgan fingerprint density at radius 3 is 2.17 bits per heavy atom. The molecule has 0 spiro atoms. The maximum Gasteiger partial charge on any atom is 0.336 e. The summed E-state index contributed by atoms with van der Waals surface area (Å²) in [5.74, 6) is -1.64. The van der Waals surface area contributed by atoms with E-state index in [1.54, 1.807) is 37.3 Å². The van der Waals surface area contributed by atoms with Gasteiger partial charge in [-0.3, -0.25) is 10.1 Å². The van der Waals surface area contributed by atoms with E-state index < -0.39 is 11.9 Å². The number of benzene rings is 3. The van der Waals surface area contributed by atoms with Crippen molar-refractivity contribution < 1.29 is 24.8 Å². The maximum atomic E-state index is 12.5. The predicted molar refractivity (Wildman–Crippen MR) is 114 cm³/mol. The van der Waals surface area contributed by atoms with Crippen LogP contribution < -0.4 is 10.6 Å². The second-order valence-corrected chi connectivity index (χ2v) is 6.94. The Kier molecular flexibility index (Phi) is 6.46. The van der Waals surface area contributed by atoms with Crippen LogP contribution in [0.2, 0.25) is 0 Å². The number of nitrogens with one attached hydrogen (secondary N) is 2. The zero-order valence-corrected chi connectivity index (χ0v) is 16.6. The molecule has 1 amide bonds. The lowest BCUT2D eigenvalue weighted by Gasteiger charge is -2.13. The van der Waals surface area contributed by atoms with E-state index in [0.717, 1.165) is 28.1 Å². The van der Waals surface area contributed by atoms with E-state index >= 15 is 0 Å². The van der Waals surface area contributed by atoms with Crippen molar-refractivity contribution in [1.82, 2.24) is 0 Å². The molecule has 0 aliphatic carbocycles. The van der Waals surface area contributed by atoms with Crippen LogP contribution in [0.25, 0.3) is 0 Å².